The number of hydrogen-bond donors (Lipinski definition) is 2. The zero-order chi connectivity index (χ0) is 27.0. The average Bonchev–Trinajstić information content (AvgIpc) is 3.22. The second-order valence-corrected chi connectivity index (χ2v) is 10.4. The molecule has 4 rings (SSSR count). The van der Waals surface area contributed by atoms with Crippen LogP contribution in [0.1, 0.15) is 57.4 Å². The number of unbranched alkanes of at least 4 members (excludes halogenated alkanes) is 1. The number of thioether (sulfide) groups is 1. The molecule has 0 aliphatic heterocycles. The fraction of sp³-hybridized carbons (Fsp3) is 0.481. The van der Waals surface area contributed by atoms with Gasteiger partial charge in [-0.25, -0.2) is 9.78 Å². The molecule has 1 aliphatic carbocycles. The number of ether oxygens (including phenoxy) is 1. The molecule has 1 aromatic carbocycles. The van der Waals surface area contributed by atoms with Gasteiger partial charge in [0.25, 0.3) is 0 Å². The highest BCUT2D eigenvalue weighted by Crippen LogP contribution is 2.41. The second-order valence-electron chi connectivity index (χ2n) is 9.07. The van der Waals surface area contributed by atoms with Crippen molar-refractivity contribution in [2.75, 3.05) is 19.0 Å². The number of anilines is 1. The molecule has 0 radical (unpaired) electrons. The lowest BCUT2D eigenvalue weighted by atomic mass is 10.0. The third-order valence-corrected chi connectivity index (χ3v) is 7.51. The summed E-state index contributed by atoms with van der Waals surface area (Å²) >= 11 is 1.98. The SMILES string of the molecule is CCCCNc1c(-c2ccc(OC)c(SC3CCCCC3)c2)nc2cc(C)ccn12.O=C(O)C(F)(F)F. The highest BCUT2D eigenvalue weighted by molar-refractivity contribution is 8.00. The molecule has 2 heterocycles. The van der Waals surface area contributed by atoms with Gasteiger partial charge in [0.2, 0.25) is 0 Å². The first kappa shape index (κ1) is 28.7. The van der Waals surface area contributed by atoms with Gasteiger partial charge in [-0.3, -0.25) is 4.40 Å². The Hall–Kier alpha value is -2.88. The molecule has 10 heteroatoms. The summed E-state index contributed by atoms with van der Waals surface area (Å²) in [6.45, 7) is 5.29. The number of aliphatic carboxylic acids is 1. The van der Waals surface area contributed by atoms with Gasteiger partial charge in [0.1, 0.15) is 22.9 Å². The van der Waals surface area contributed by atoms with Crippen molar-refractivity contribution in [3.05, 3.63) is 42.1 Å². The summed E-state index contributed by atoms with van der Waals surface area (Å²) in [6, 6.07) is 10.8. The van der Waals surface area contributed by atoms with Crippen LogP contribution in [0, 0.1) is 6.92 Å². The topological polar surface area (TPSA) is 75.9 Å². The molecule has 1 saturated carbocycles. The largest absolute Gasteiger partial charge is 0.496 e. The van der Waals surface area contributed by atoms with Gasteiger partial charge in [-0.1, -0.05) is 32.6 Å². The number of rotatable bonds is 8. The van der Waals surface area contributed by atoms with Crippen LogP contribution >= 0.6 is 11.8 Å². The molecule has 0 saturated heterocycles. The Bertz CT molecular complexity index is 1190. The Morgan fingerprint density at radius 2 is 1.92 bits per heavy atom. The first-order chi connectivity index (χ1) is 17.6. The number of halogens is 3. The van der Waals surface area contributed by atoms with Crippen molar-refractivity contribution in [2.45, 2.75) is 75.1 Å². The van der Waals surface area contributed by atoms with Crippen molar-refractivity contribution < 1.29 is 27.8 Å². The number of aryl methyl sites for hydroxylation is 1. The standard InChI is InChI=1S/C25H33N3OS.C2HF3O2/c1-4-5-14-26-25-24(27-23-16-18(2)13-15-28(23)25)19-11-12-21(29-3)22(17-19)30-20-9-7-6-8-10-20;3-2(4,5)1(6)7/h11-13,15-17,20,26H,4-10,14H2,1-3H3;(H,6,7). The van der Waals surface area contributed by atoms with E-state index in [2.05, 4.69) is 60.1 Å². The number of carboxylic acid groups (broad SMARTS) is 1. The fourth-order valence-corrected chi connectivity index (χ4v) is 5.57. The quantitative estimate of drug-likeness (QED) is 0.288. The van der Waals surface area contributed by atoms with Crippen LogP contribution in [0.15, 0.2) is 41.4 Å². The van der Waals surface area contributed by atoms with Crippen molar-refractivity contribution >= 4 is 29.2 Å². The lowest BCUT2D eigenvalue weighted by Crippen LogP contribution is -2.21. The van der Waals surface area contributed by atoms with Crippen LogP contribution in [0.2, 0.25) is 0 Å². The minimum Gasteiger partial charge on any atom is -0.496 e. The molecule has 202 valence electrons. The number of carboxylic acids is 1. The lowest BCUT2D eigenvalue weighted by molar-refractivity contribution is -0.192. The van der Waals surface area contributed by atoms with E-state index >= 15 is 0 Å². The molecule has 1 aliphatic rings. The van der Waals surface area contributed by atoms with Crippen LogP contribution < -0.4 is 10.1 Å². The third-order valence-electron chi connectivity index (χ3n) is 6.13. The van der Waals surface area contributed by atoms with Gasteiger partial charge in [-0.05, 0) is 62.1 Å². The number of aromatic nitrogens is 2. The molecule has 0 atom stereocenters. The number of benzene rings is 1. The number of hydrogen-bond acceptors (Lipinski definition) is 5. The number of nitrogens with zero attached hydrogens (tertiary/aromatic N) is 2. The summed E-state index contributed by atoms with van der Waals surface area (Å²) in [5, 5.41) is 11.5. The van der Waals surface area contributed by atoms with Gasteiger partial charge >= 0.3 is 12.1 Å². The Balaban J connectivity index is 0.000000479. The lowest BCUT2D eigenvalue weighted by Gasteiger charge is -2.22. The number of alkyl halides is 3. The minimum atomic E-state index is -5.08. The molecule has 2 aromatic heterocycles. The number of fused-ring (bicyclic) bond motifs is 1. The molecule has 0 unspecified atom stereocenters. The molecule has 1 fully saturated rings. The highest BCUT2D eigenvalue weighted by Gasteiger charge is 2.38. The van der Waals surface area contributed by atoms with Gasteiger partial charge in [-0.15, -0.1) is 11.8 Å². The van der Waals surface area contributed by atoms with E-state index in [1.54, 1.807) is 7.11 Å². The fourth-order valence-electron chi connectivity index (χ4n) is 4.18. The summed E-state index contributed by atoms with van der Waals surface area (Å²) in [6.07, 6.45) is 6.02. The smallest absolute Gasteiger partial charge is 0.490 e. The molecule has 2 N–H and O–H groups in total. The predicted molar refractivity (Wildman–Crippen MR) is 142 cm³/mol. The van der Waals surface area contributed by atoms with E-state index in [0.717, 1.165) is 41.4 Å². The van der Waals surface area contributed by atoms with Crippen molar-refractivity contribution in [3.63, 3.8) is 0 Å². The molecule has 0 spiro atoms. The Morgan fingerprint density at radius 1 is 1.22 bits per heavy atom. The monoisotopic (exact) mass is 537 g/mol. The number of methoxy groups -OCH3 is 1. The molecule has 3 aromatic rings. The number of nitrogens with one attached hydrogen (secondary N) is 1. The summed E-state index contributed by atoms with van der Waals surface area (Å²) < 4.78 is 39.6. The summed E-state index contributed by atoms with van der Waals surface area (Å²) in [5.41, 5.74) is 4.38. The molecule has 0 bridgehead atoms. The zero-order valence-corrected chi connectivity index (χ0v) is 22.2. The Morgan fingerprint density at radius 3 is 2.54 bits per heavy atom. The summed E-state index contributed by atoms with van der Waals surface area (Å²) in [5.74, 6) is -0.709. The maximum absolute atomic E-state index is 10.6. The number of imidazole rings is 1. The van der Waals surface area contributed by atoms with E-state index in [1.165, 1.54) is 49.0 Å². The molecule has 0 amide bonds. The minimum absolute atomic E-state index is 0.689. The number of carbonyl (C=O) groups is 1. The van der Waals surface area contributed by atoms with Gasteiger partial charge in [0, 0.05) is 23.6 Å². The zero-order valence-electron chi connectivity index (χ0n) is 21.4. The van der Waals surface area contributed by atoms with E-state index in [4.69, 9.17) is 19.6 Å². The molecule has 37 heavy (non-hydrogen) atoms. The van der Waals surface area contributed by atoms with Gasteiger partial charge < -0.3 is 15.2 Å². The van der Waals surface area contributed by atoms with Gasteiger partial charge in [-0.2, -0.15) is 13.2 Å². The van der Waals surface area contributed by atoms with Crippen molar-refractivity contribution in [2.24, 2.45) is 0 Å². The van der Waals surface area contributed by atoms with Crippen LogP contribution in [-0.4, -0.2) is 45.5 Å². The maximum atomic E-state index is 10.6. The predicted octanol–water partition coefficient (Wildman–Crippen LogP) is 7.59. The third kappa shape index (κ3) is 7.80. The van der Waals surface area contributed by atoms with Crippen molar-refractivity contribution in [3.8, 4) is 17.0 Å². The van der Waals surface area contributed by atoms with Gasteiger partial charge in [0.15, 0.2) is 0 Å². The summed E-state index contributed by atoms with van der Waals surface area (Å²) in [4.78, 5) is 15.1. The van der Waals surface area contributed by atoms with E-state index in [-0.39, 0.29) is 0 Å². The highest BCUT2D eigenvalue weighted by atomic mass is 32.2. The van der Waals surface area contributed by atoms with E-state index in [9.17, 15) is 13.2 Å². The maximum Gasteiger partial charge on any atom is 0.490 e. The first-order valence-electron chi connectivity index (χ1n) is 12.5. The van der Waals surface area contributed by atoms with Crippen LogP contribution in [0.4, 0.5) is 19.0 Å². The van der Waals surface area contributed by atoms with E-state index in [1.807, 2.05) is 11.8 Å². The first-order valence-corrected chi connectivity index (χ1v) is 13.4. The van der Waals surface area contributed by atoms with Crippen LogP contribution in [-0.2, 0) is 4.79 Å². The van der Waals surface area contributed by atoms with Crippen molar-refractivity contribution in [1.29, 1.82) is 0 Å². The summed E-state index contributed by atoms with van der Waals surface area (Å²) in [7, 11) is 1.77. The van der Waals surface area contributed by atoms with Crippen LogP contribution in [0.5, 0.6) is 5.75 Å². The normalized spacial score (nSPS) is 14.2. The van der Waals surface area contributed by atoms with Crippen molar-refractivity contribution in [1.82, 2.24) is 9.38 Å². The molecule has 6 nitrogen and oxygen atoms in total. The van der Waals surface area contributed by atoms with E-state index in [0.29, 0.717) is 5.25 Å². The molecular formula is C27H34F3N3O3S. The second kappa shape index (κ2) is 13.1. The van der Waals surface area contributed by atoms with E-state index < -0.39 is 12.1 Å². The number of pyridine rings is 1. The average molecular weight is 538 g/mol. The molecular weight excluding hydrogens is 503 g/mol. The Kier molecular flexibility index (Phi) is 10.1. The van der Waals surface area contributed by atoms with Crippen LogP contribution in [0.3, 0.4) is 0 Å². The van der Waals surface area contributed by atoms with Crippen LogP contribution in [0.25, 0.3) is 16.9 Å². The van der Waals surface area contributed by atoms with Gasteiger partial charge in [0.05, 0.1) is 12.0 Å². The Labute approximate surface area is 219 Å².